The highest BCUT2D eigenvalue weighted by Crippen LogP contribution is 2.29. The summed E-state index contributed by atoms with van der Waals surface area (Å²) < 4.78 is 5.68. The van der Waals surface area contributed by atoms with Crippen LogP contribution in [0.4, 0.5) is 4.79 Å². The first-order valence-corrected chi connectivity index (χ1v) is 6.89. The molecule has 0 aromatic carbocycles. The number of hydrogen-bond acceptors (Lipinski definition) is 3. The number of amides is 1. The molecule has 5 heteroatoms. The maximum atomic E-state index is 12.0. The Balaban J connectivity index is 2.64. The summed E-state index contributed by atoms with van der Waals surface area (Å²) >= 11 is 2.31. The van der Waals surface area contributed by atoms with Crippen LogP contribution in [0.5, 0.6) is 0 Å². The Morgan fingerprint density at radius 3 is 2.62 bits per heavy atom. The highest BCUT2D eigenvalue weighted by Gasteiger charge is 2.37. The van der Waals surface area contributed by atoms with Gasteiger partial charge in [0.2, 0.25) is 0 Å². The van der Waals surface area contributed by atoms with E-state index in [2.05, 4.69) is 27.9 Å². The smallest absolute Gasteiger partial charge is 0.411 e. The highest BCUT2D eigenvalue weighted by atomic mass is 127. The molecule has 0 spiro atoms. The maximum Gasteiger partial charge on any atom is 0.411 e. The van der Waals surface area contributed by atoms with Crippen molar-refractivity contribution in [1.82, 2.24) is 10.2 Å². The normalized spacial score (nSPS) is 25.9. The third kappa shape index (κ3) is 3.76. The van der Waals surface area contributed by atoms with E-state index in [-0.39, 0.29) is 16.2 Å². The van der Waals surface area contributed by atoms with Crippen molar-refractivity contribution in [1.29, 1.82) is 0 Å². The van der Waals surface area contributed by atoms with Crippen LogP contribution in [0.3, 0.4) is 0 Å². The van der Waals surface area contributed by atoms with E-state index in [1.807, 2.05) is 32.7 Å². The summed E-state index contributed by atoms with van der Waals surface area (Å²) in [6.07, 6.45) is 1.91. The monoisotopic (exact) mass is 340 g/mol. The molecule has 1 rings (SSSR count). The number of halogens is 1. The Labute approximate surface area is 111 Å². The lowest BCUT2D eigenvalue weighted by Crippen LogP contribution is -2.45. The average molecular weight is 340 g/mol. The number of carbonyl (C=O) groups is 1. The van der Waals surface area contributed by atoms with Crippen molar-refractivity contribution in [3.63, 3.8) is 0 Å². The van der Waals surface area contributed by atoms with Gasteiger partial charge in [0.05, 0.1) is 4.05 Å². The van der Waals surface area contributed by atoms with Crippen LogP contribution in [-0.4, -0.2) is 40.3 Å². The van der Waals surface area contributed by atoms with Crippen LogP contribution in [0.1, 0.15) is 33.6 Å². The van der Waals surface area contributed by atoms with Crippen molar-refractivity contribution in [3.05, 3.63) is 0 Å². The SMILES string of the molecule is CNCC1CCC(I)N1C(=O)OC(C)(C)C. The number of nitrogens with zero attached hydrogens (tertiary/aromatic N) is 1. The first-order valence-electron chi connectivity index (χ1n) is 5.65. The Hall–Kier alpha value is -0.0400. The molecule has 1 saturated heterocycles. The van der Waals surface area contributed by atoms with Gasteiger partial charge in [0.25, 0.3) is 0 Å². The Bertz CT molecular complexity index is 251. The molecule has 94 valence electrons. The highest BCUT2D eigenvalue weighted by molar-refractivity contribution is 14.1. The number of rotatable bonds is 2. The number of carbonyl (C=O) groups excluding carboxylic acids is 1. The van der Waals surface area contributed by atoms with E-state index >= 15 is 0 Å². The largest absolute Gasteiger partial charge is 0.444 e. The minimum absolute atomic E-state index is 0.190. The molecule has 1 amide bonds. The zero-order chi connectivity index (χ0) is 12.3. The average Bonchev–Trinajstić information content (AvgIpc) is 2.44. The topological polar surface area (TPSA) is 41.6 Å². The van der Waals surface area contributed by atoms with E-state index in [9.17, 15) is 4.79 Å². The lowest BCUT2D eigenvalue weighted by Gasteiger charge is -2.30. The van der Waals surface area contributed by atoms with Gasteiger partial charge in [-0.1, -0.05) is 22.6 Å². The second-order valence-corrected chi connectivity index (χ2v) is 6.55. The predicted molar refractivity (Wildman–Crippen MR) is 72.8 cm³/mol. The Kier molecular flexibility index (Phi) is 4.85. The fourth-order valence-electron chi connectivity index (χ4n) is 1.85. The molecule has 1 N–H and O–H groups in total. The van der Waals surface area contributed by atoms with Gasteiger partial charge in [0.15, 0.2) is 0 Å². The minimum Gasteiger partial charge on any atom is -0.444 e. The van der Waals surface area contributed by atoms with Gasteiger partial charge in [0, 0.05) is 12.6 Å². The van der Waals surface area contributed by atoms with Crippen molar-refractivity contribution in [2.75, 3.05) is 13.6 Å². The third-order valence-electron chi connectivity index (χ3n) is 2.48. The number of nitrogens with one attached hydrogen (secondary N) is 1. The Morgan fingerprint density at radius 1 is 1.50 bits per heavy atom. The van der Waals surface area contributed by atoms with E-state index in [1.54, 1.807) is 0 Å². The first kappa shape index (κ1) is 14.0. The molecule has 0 aliphatic carbocycles. The fraction of sp³-hybridized carbons (Fsp3) is 0.909. The molecule has 1 aliphatic rings. The third-order valence-corrected chi connectivity index (χ3v) is 3.70. The van der Waals surface area contributed by atoms with Gasteiger partial charge in [-0.15, -0.1) is 0 Å². The van der Waals surface area contributed by atoms with Gasteiger partial charge >= 0.3 is 6.09 Å². The molecule has 1 heterocycles. The fourth-order valence-corrected chi connectivity index (χ4v) is 2.89. The van der Waals surface area contributed by atoms with Gasteiger partial charge in [0.1, 0.15) is 5.60 Å². The second kappa shape index (κ2) is 5.53. The second-order valence-electron chi connectivity index (χ2n) is 5.11. The number of likely N-dealkylation sites (tertiary alicyclic amines) is 1. The zero-order valence-electron chi connectivity index (χ0n) is 10.4. The quantitative estimate of drug-likeness (QED) is 0.477. The molecule has 16 heavy (non-hydrogen) atoms. The maximum absolute atomic E-state index is 12.0. The predicted octanol–water partition coefficient (Wildman–Crippen LogP) is 2.37. The lowest BCUT2D eigenvalue weighted by molar-refractivity contribution is 0.0216. The van der Waals surface area contributed by atoms with Crippen molar-refractivity contribution in [2.45, 2.75) is 49.3 Å². The molecule has 0 aromatic rings. The van der Waals surface area contributed by atoms with Crippen molar-refractivity contribution in [3.8, 4) is 0 Å². The van der Waals surface area contributed by atoms with Gasteiger partial charge in [-0.2, -0.15) is 0 Å². The van der Waals surface area contributed by atoms with Crippen LogP contribution in [0.25, 0.3) is 0 Å². The van der Waals surface area contributed by atoms with Crippen LogP contribution in [0.15, 0.2) is 0 Å². The van der Waals surface area contributed by atoms with E-state index in [0.29, 0.717) is 0 Å². The summed E-state index contributed by atoms with van der Waals surface area (Å²) in [4.78, 5) is 13.9. The summed E-state index contributed by atoms with van der Waals surface area (Å²) in [5.41, 5.74) is -0.416. The van der Waals surface area contributed by atoms with Crippen LogP contribution in [-0.2, 0) is 4.74 Å². The molecule has 1 fully saturated rings. The van der Waals surface area contributed by atoms with Gasteiger partial charge in [-0.25, -0.2) is 4.79 Å². The number of hydrogen-bond donors (Lipinski definition) is 1. The molecule has 2 unspecified atom stereocenters. The zero-order valence-corrected chi connectivity index (χ0v) is 12.6. The molecule has 1 aliphatic heterocycles. The van der Waals surface area contributed by atoms with Crippen LogP contribution in [0.2, 0.25) is 0 Å². The van der Waals surface area contributed by atoms with Crippen LogP contribution >= 0.6 is 22.6 Å². The summed E-state index contributed by atoms with van der Waals surface area (Å²) in [6, 6.07) is 0.266. The van der Waals surface area contributed by atoms with E-state index in [4.69, 9.17) is 4.74 Å². The summed E-state index contributed by atoms with van der Waals surface area (Å²) in [5, 5.41) is 3.13. The molecule has 0 bridgehead atoms. The number of alkyl halides is 1. The van der Waals surface area contributed by atoms with Crippen molar-refractivity contribution in [2.24, 2.45) is 0 Å². The minimum atomic E-state index is -0.416. The molecule has 0 saturated carbocycles. The van der Waals surface area contributed by atoms with E-state index < -0.39 is 5.60 Å². The van der Waals surface area contributed by atoms with Gasteiger partial charge in [-0.05, 0) is 40.7 Å². The molecule has 0 radical (unpaired) electrons. The molecular formula is C11H21IN2O2. The number of ether oxygens (including phenoxy) is 1. The van der Waals surface area contributed by atoms with Crippen molar-refractivity contribution < 1.29 is 9.53 Å². The molecular weight excluding hydrogens is 319 g/mol. The Morgan fingerprint density at radius 2 is 2.12 bits per heavy atom. The van der Waals surface area contributed by atoms with Gasteiger partial charge < -0.3 is 10.1 Å². The first-order chi connectivity index (χ1) is 7.35. The summed E-state index contributed by atoms with van der Waals surface area (Å²) in [7, 11) is 1.91. The summed E-state index contributed by atoms with van der Waals surface area (Å²) in [5.74, 6) is 0. The van der Waals surface area contributed by atoms with Crippen LogP contribution in [0, 0.1) is 0 Å². The molecule has 2 atom stereocenters. The van der Waals surface area contributed by atoms with Crippen LogP contribution < -0.4 is 5.32 Å². The lowest BCUT2D eigenvalue weighted by atomic mass is 10.2. The van der Waals surface area contributed by atoms with E-state index in [1.165, 1.54) is 0 Å². The van der Waals surface area contributed by atoms with Gasteiger partial charge in [-0.3, -0.25) is 4.90 Å². The standard InChI is InChI=1S/C11H21IN2O2/c1-11(2,3)16-10(15)14-8(7-13-4)5-6-9(14)12/h8-9,13H,5-7H2,1-4H3. The number of likely N-dealkylation sites (N-methyl/N-ethyl adjacent to an activating group) is 1. The summed E-state index contributed by atoms with van der Waals surface area (Å²) in [6.45, 7) is 6.53. The molecule has 0 aromatic heterocycles. The van der Waals surface area contributed by atoms with Crippen molar-refractivity contribution >= 4 is 28.7 Å². The molecule has 4 nitrogen and oxygen atoms in total. The van der Waals surface area contributed by atoms with E-state index in [0.717, 1.165) is 19.4 Å².